The Hall–Kier alpha value is -2.04. The first kappa shape index (κ1) is 18.3. The number of carbonyl (C=O) groups is 2. The molecule has 132 valence electrons. The third-order valence-corrected chi connectivity index (χ3v) is 4.68. The number of ether oxygens (including phenoxy) is 2. The van der Waals surface area contributed by atoms with Gasteiger partial charge in [-0.2, -0.15) is 0 Å². The van der Waals surface area contributed by atoms with Crippen molar-refractivity contribution in [3.63, 3.8) is 0 Å². The Kier molecular flexibility index (Phi) is 5.86. The molecule has 0 heterocycles. The second-order valence-corrected chi connectivity index (χ2v) is 6.85. The predicted molar refractivity (Wildman–Crippen MR) is 93.2 cm³/mol. The first-order valence-electron chi connectivity index (χ1n) is 8.50. The van der Waals surface area contributed by atoms with Crippen LogP contribution in [0.3, 0.4) is 0 Å². The van der Waals surface area contributed by atoms with E-state index in [9.17, 15) is 9.59 Å². The Bertz CT molecular complexity index is 580. The van der Waals surface area contributed by atoms with Crippen molar-refractivity contribution < 1.29 is 19.1 Å². The molecule has 5 nitrogen and oxygen atoms in total. The van der Waals surface area contributed by atoms with Crippen LogP contribution in [0.5, 0.6) is 5.75 Å². The van der Waals surface area contributed by atoms with Gasteiger partial charge in [-0.3, -0.25) is 4.79 Å². The number of anilines is 1. The fraction of sp³-hybridized carbons (Fsp3) is 0.579. The van der Waals surface area contributed by atoms with Gasteiger partial charge in [-0.1, -0.05) is 20.3 Å². The largest absolute Gasteiger partial charge is 0.497 e. The molecule has 1 fully saturated rings. The van der Waals surface area contributed by atoms with Crippen molar-refractivity contribution in [3.05, 3.63) is 24.3 Å². The van der Waals surface area contributed by atoms with Crippen LogP contribution >= 0.6 is 0 Å². The molecular weight excluding hydrogens is 306 g/mol. The Balaban J connectivity index is 2.23. The van der Waals surface area contributed by atoms with E-state index in [1.807, 2.05) is 38.1 Å². The van der Waals surface area contributed by atoms with Gasteiger partial charge in [-0.15, -0.1) is 0 Å². The van der Waals surface area contributed by atoms with E-state index in [0.29, 0.717) is 13.0 Å². The zero-order valence-corrected chi connectivity index (χ0v) is 14.9. The third kappa shape index (κ3) is 4.08. The summed E-state index contributed by atoms with van der Waals surface area (Å²) in [5.74, 6) is 0.134. The number of hydrogen-bond donors (Lipinski definition) is 1. The summed E-state index contributed by atoms with van der Waals surface area (Å²) in [6.45, 7) is 5.98. The number of benzene rings is 1. The maximum atomic E-state index is 12.8. The van der Waals surface area contributed by atoms with Crippen molar-refractivity contribution in [2.24, 2.45) is 11.3 Å². The highest BCUT2D eigenvalue weighted by Gasteiger charge is 2.44. The second-order valence-electron chi connectivity index (χ2n) is 6.85. The SMILES string of the molecule is CCOC(=O)C(Nc1ccc(OC)cc1)C1CCCC(C)(C)C1=O. The summed E-state index contributed by atoms with van der Waals surface area (Å²) in [6.07, 6.45) is 2.50. The standard InChI is InChI=1S/C19H27NO4/c1-5-24-18(22)16(15-7-6-12-19(2,3)17(15)21)20-13-8-10-14(23-4)11-9-13/h8-11,15-16,20H,5-7,12H2,1-4H3. The first-order chi connectivity index (χ1) is 11.4. The summed E-state index contributed by atoms with van der Waals surface area (Å²) in [4.78, 5) is 25.3. The molecular formula is C19H27NO4. The van der Waals surface area contributed by atoms with Crippen molar-refractivity contribution in [3.8, 4) is 5.75 Å². The Morgan fingerprint density at radius 1 is 1.33 bits per heavy atom. The number of hydrogen-bond acceptors (Lipinski definition) is 5. The van der Waals surface area contributed by atoms with Crippen molar-refractivity contribution in [2.45, 2.75) is 46.1 Å². The summed E-state index contributed by atoms with van der Waals surface area (Å²) in [6, 6.07) is 6.65. The van der Waals surface area contributed by atoms with Gasteiger partial charge in [0.2, 0.25) is 0 Å². The van der Waals surface area contributed by atoms with Crippen LogP contribution in [0.1, 0.15) is 40.0 Å². The maximum Gasteiger partial charge on any atom is 0.329 e. The van der Waals surface area contributed by atoms with Crippen LogP contribution in [-0.2, 0) is 14.3 Å². The van der Waals surface area contributed by atoms with E-state index in [0.717, 1.165) is 24.3 Å². The van der Waals surface area contributed by atoms with E-state index in [1.54, 1.807) is 14.0 Å². The number of methoxy groups -OCH3 is 1. The minimum Gasteiger partial charge on any atom is -0.497 e. The molecule has 0 bridgehead atoms. The highest BCUT2D eigenvalue weighted by Crippen LogP contribution is 2.37. The topological polar surface area (TPSA) is 64.6 Å². The zero-order valence-electron chi connectivity index (χ0n) is 14.9. The lowest BCUT2D eigenvalue weighted by Crippen LogP contribution is -2.48. The van der Waals surface area contributed by atoms with E-state index in [4.69, 9.17) is 9.47 Å². The average molecular weight is 333 g/mol. The van der Waals surface area contributed by atoms with Crippen molar-refractivity contribution in [1.29, 1.82) is 0 Å². The molecule has 0 spiro atoms. The molecule has 0 aliphatic heterocycles. The maximum absolute atomic E-state index is 12.8. The number of rotatable bonds is 6. The minimum absolute atomic E-state index is 0.132. The molecule has 0 saturated heterocycles. The molecule has 1 aromatic carbocycles. The Morgan fingerprint density at radius 2 is 2.00 bits per heavy atom. The lowest BCUT2D eigenvalue weighted by Gasteiger charge is -2.37. The van der Waals surface area contributed by atoms with Gasteiger partial charge in [0.15, 0.2) is 0 Å². The summed E-state index contributed by atoms with van der Waals surface area (Å²) >= 11 is 0. The predicted octanol–water partition coefficient (Wildman–Crippen LogP) is 3.43. The summed E-state index contributed by atoms with van der Waals surface area (Å²) in [7, 11) is 1.60. The van der Waals surface area contributed by atoms with Gasteiger partial charge in [0, 0.05) is 17.0 Å². The van der Waals surface area contributed by atoms with Gasteiger partial charge in [0.25, 0.3) is 0 Å². The number of ketones is 1. The summed E-state index contributed by atoms with van der Waals surface area (Å²) < 4.78 is 10.4. The molecule has 1 saturated carbocycles. The molecule has 1 aromatic rings. The normalized spacial score (nSPS) is 21.0. The fourth-order valence-electron chi connectivity index (χ4n) is 3.26. The van der Waals surface area contributed by atoms with Crippen molar-refractivity contribution in [2.75, 3.05) is 19.0 Å². The molecule has 2 rings (SSSR count). The molecule has 5 heteroatoms. The number of carbonyl (C=O) groups excluding carboxylic acids is 2. The third-order valence-electron chi connectivity index (χ3n) is 4.68. The average Bonchev–Trinajstić information content (AvgIpc) is 2.56. The lowest BCUT2D eigenvalue weighted by molar-refractivity contribution is -0.150. The van der Waals surface area contributed by atoms with Crippen LogP contribution in [-0.4, -0.2) is 31.5 Å². The highest BCUT2D eigenvalue weighted by atomic mass is 16.5. The summed E-state index contributed by atoms with van der Waals surface area (Å²) in [5.41, 5.74) is 0.375. The molecule has 1 aliphatic carbocycles. The molecule has 0 amide bonds. The van der Waals surface area contributed by atoms with Crippen molar-refractivity contribution in [1.82, 2.24) is 0 Å². The van der Waals surface area contributed by atoms with Gasteiger partial charge in [0.1, 0.15) is 17.6 Å². The molecule has 0 radical (unpaired) electrons. The monoisotopic (exact) mass is 333 g/mol. The minimum atomic E-state index is -0.662. The van der Waals surface area contributed by atoms with E-state index in [2.05, 4.69) is 5.32 Å². The molecule has 0 aromatic heterocycles. The molecule has 2 atom stereocenters. The molecule has 24 heavy (non-hydrogen) atoms. The van der Waals surface area contributed by atoms with Crippen LogP contribution in [0, 0.1) is 11.3 Å². The van der Waals surface area contributed by atoms with Crippen LogP contribution in [0.2, 0.25) is 0 Å². The Morgan fingerprint density at radius 3 is 2.58 bits per heavy atom. The van der Waals surface area contributed by atoms with Crippen LogP contribution in [0.4, 0.5) is 5.69 Å². The number of Topliss-reactive ketones (excluding diaryl/α,β-unsaturated/α-hetero) is 1. The smallest absolute Gasteiger partial charge is 0.329 e. The molecule has 1 N–H and O–H groups in total. The quantitative estimate of drug-likeness (QED) is 0.808. The zero-order chi connectivity index (χ0) is 17.7. The van der Waals surface area contributed by atoms with Gasteiger partial charge in [-0.05, 0) is 44.0 Å². The van der Waals surface area contributed by atoms with Gasteiger partial charge < -0.3 is 14.8 Å². The highest BCUT2D eigenvalue weighted by molar-refractivity contribution is 5.94. The van der Waals surface area contributed by atoms with E-state index in [1.165, 1.54) is 0 Å². The van der Waals surface area contributed by atoms with Crippen LogP contribution < -0.4 is 10.1 Å². The second kappa shape index (κ2) is 7.69. The number of esters is 1. The van der Waals surface area contributed by atoms with Gasteiger partial charge in [0.05, 0.1) is 13.7 Å². The number of nitrogens with one attached hydrogen (secondary N) is 1. The fourth-order valence-corrected chi connectivity index (χ4v) is 3.26. The van der Waals surface area contributed by atoms with E-state index in [-0.39, 0.29) is 17.7 Å². The van der Waals surface area contributed by atoms with Crippen LogP contribution in [0.15, 0.2) is 24.3 Å². The Labute approximate surface area is 143 Å². The summed E-state index contributed by atoms with van der Waals surface area (Å²) in [5, 5.41) is 3.20. The van der Waals surface area contributed by atoms with Gasteiger partial charge in [-0.25, -0.2) is 4.79 Å². The van der Waals surface area contributed by atoms with Crippen LogP contribution in [0.25, 0.3) is 0 Å². The van der Waals surface area contributed by atoms with E-state index < -0.39 is 11.5 Å². The molecule has 1 aliphatic rings. The lowest BCUT2D eigenvalue weighted by atomic mass is 9.68. The van der Waals surface area contributed by atoms with Crippen molar-refractivity contribution >= 4 is 17.4 Å². The first-order valence-corrected chi connectivity index (χ1v) is 8.50. The molecule has 2 unspecified atom stereocenters. The van der Waals surface area contributed by atoms with Gasteiger partial charge >= 0.3 is 5.97 Å². The van der Waals surface area contributed by atoms with E-state index >= 15 is 0 Å².